The fourth-order valence-corrected chi connectivity index (χ4v) is 4.01. The molecule has 31 heavy (non-hydrogen) atoms. The lowest BCUT2D eigenvalue weighted by Crippen LogP contribution is -2.35. The summed E-state index contributed by atoms with van der Waals surface area (Å²) in [6.45, 7) is 11.1. The fourth-order valence-electron chi connectivity index (χ4n) is 3.33. The van der Waals surface area contributed by atoms with E-state index in [0.29, 0.717) is 35.3 Å². The number of anilines is 3. The summed E-state index contributed by atoms with van der Waals surface area (Å²) in [6.07, 6.45) is -0.509. The number of rotatable bonds is 5. The molecule has 2 aromatic carbocycles. The number of nitrogens with zero attached hydrogens (tertiary/aromatic N) is 3. The van der Waals surface area contributed by atoms with Crippen molar-refractivity contribution in [2.45, 2.75) is 40.2 Å². The van der Waals surface area contributed by atoms with Gasteiger partial charge in [0.1, 0.15) is 11.3 Å². The lowest BCUT2D eigenvalue weighted by atomic mass is 10.1. The first-order valence-corrected chi connectivity index (χ1v) is 11.4. The van der Waals surface area contributed by atoms with Crippen LogP contribution in [-0.4, -0.2) is 29.8 Å². The number of hydrogen-bond acceptors (Lipinski definition) is 4. The molecule has 1 heterocycles. The van der Waals surface area contributed by atoms with Crippen molar-refractivity contribution in [1.29, 1.82) is 0 Å². The van der Waals surface area contributed by atoms with Gasteiger partial charge in [0, 0.05) is 22.9 Å². The first-order valence-electron chi connectivity index (χ1n) is 10.3. The molecule has 164 valence electrons. The molecule has 0 saturated carbocycles. The smallest absolute Gasteiger partial charge is 0.419 e. The summed E-state index contributed by atoms with van der Waals surface area (Å²) >= 11 is 10.5. The Hall–Kier alpha value is -2.31. The van der Waals surface area contributed by atoms with E-state index < -0.39 is 11.7 Å². The van der Waals surface area contributed by atoms with E-state index in [-0.39, 0.29) is 0 Å². The van der Waals surface area contributed by atoms with E-state index in [2.05, 4.69) is 34.7 Å². The zero-order chi connectivity index (χ0) is 22.8. The number of fused-ring (bicyclic) bond motifs is 1. The second-order valence-electron chi connectivity index (χ2n) is 8.08. The quantitative estimate of drug-likeness (QED) is 0.359. The first-order chi connectivity index (χ1) is 14.7. The SMILES string of the molecule is CCN(CC)c1nc2ccc(Br)cc2c(Cl)c1N(C(=O)OC(C)(C)C)c1ccccc1. The van der Waals surface area contributed by atoms with Gasteiger partial charge in [-0.3, -0.25) is 0 Å². The predicted molar refractivity (Wildman–Crippen MR) is 133 cm³/mol. The lowest BCUT2D eigenvalue weighted by Gasteiger charge is -2.32. The van der Waals surface area contributed by atoms with Crippen LogP contribution < -0.4 is 9.80 Å². The molecule has 0 fully saturated rings. The van der Waals surface area contributed by atoms with Gasteiger partial charge in [-0.25, -0.2) is 14.7 Å². The Labute approximate surface area is 197 Å². The van der Waals surface area contributed by atoms with Gasteiger partial charge in [-0.1, -0.05) is 45.7 Å². The van der Waals surface area contributed by atoms with Crippen molar-refractivity contribution in [3.63, 3.8) is 0 Å². The highest BCUT2D eigenvalue weighted by Gasteiger charge is 2.31. The Morgan fingerprint density at radius 3 is 2.32 bits per heavy atom. The van der Waals surface area contributed by atoms with Crippen LogP contribution in [0.15, 0.2) is 53.0 Å². The normalized spacial score (nSPS) is 11.5. The second kappa shape index (κ2) is 9.45. The van der Waals surface area contributed by atoms with E-state index in [0.717, 1.165) is 15.4 Å². The topological polar surface area (TPSA) is 45.7 Å². The summed E-state index contributed by atoms with van der Waals surface area (Å²) in [6, 6.07) is 15.1. The summed E-state index contributed by atoms with van der Waals surface area (Å²) in [5, 5.41) is 1.20. The van der Waals surface area contributed by atoms with Crippen molar-refractivity contribution in [1.82, 2.24) is 4.98 Å². The molecule has 0 radical (unpaired) electrons. The highest BCUT2D eigenvalue weighted by molar-refractivity contribution is 9.10. The molecule has 1 aromatic heterocycles. The van der Waals surface area contributed by atoms with Crippen LogP contribution in [0, 0.1) is 0 Å². The number of hydrogen-bond donors (Lipinski definition) is 0. The average molecular weight is 505 g/mol. The minimum atomic E-state index is -0.667. The van der Waals surface area contributed by atoms with Gasteiger partial charge >= 0.3 is 6.09 Å². The van der Waals surface area contributed by atoms with Gasteiger partial charge in [0.2, 0.25) is 0 Å². The summed E-state index contributed by atoms with van der Waals surface area (Å²) in [7, 11) is 0. The summed E-state index contributed by atoms with van der Waals surface area (Å²) in [5.41, 5.74) is 1.26. The summed E-state index contributed by atoms with van der Waals surface area (Å²) in [5.74, 6) is 0.638. The van der Waals surface area contributed by atoms with Crippen molar-refractivity contribution in [2.75, 3.05) is 22.9 Å². The third-order valence-corrected chi connectivity index (χ3v) is 5.59. The number of carbonyl (C=O) groups is 1. The Morgan fingerprint density at radius 2 is 1.74 bits per heavy atom. The number of carbonyl (C=O) groups excluding carboxylic acids is 1. The van der Waals surface area contributed by atoms with Gasteiger partial charge in [0.05, 0.1) is 16.2 Å². The zero-order valence-electron chi connectivity index (χ0n) is 18.4. The Bertz CT molecular complexity index is 1080. The van der Waals surface area contributed by atoms with E-state index >= 15 is 0 Å². The van der Waals surface area contributed by atoms with Gasteiger partial charge in [0.15, 0.2) is 5.82 Å². The molecule has 0 aliphatic heterocycles. The first kappa shape index (κ1) is 23.4. The van der Waals surface area contributed by atoms with Gasteiger partial charge < -0.3 is 9.64 Å². The summed E-state index contributed by atoms with van der Waals surface area (Å²) < 4.78 is 6.66. The lowest BCUT2D eigenvalue weighted by molar-refractivity contribution is 0.0599. The molecule has 3 aromatic rings. The molecule has 7 heteroatoms. The van der Waals surface area contributed by atoms with Crippen LogP contribution in [0.25, 0.3) is 10.9 Å². The molecule has 3 rings (SSSR count). The predicted octanol–water partition coefficient (Wildman–Crippen LogP) is 7.57. The van der Waals surface area contributed by atoms with Crippen molar-refractivity contribution in [3.8, 4) is 0 Å². The maximum absolute atomic E-state index is 13.5. The number of benzene rings is 2. The van der Waals surface area contributed by atoms with E-state index in [4.69, 9.17) is 21.3 Å². The fraction of sp³-hybridized carbons (Fsp3) is 0.333. The molecule has 1 amide bonds. The molecular weight excluding hydrogens is 478 g/mol. The molecule has 0 aliphatic carbocycles. The molecule has 0 bridgehead atoms. The highest BCUT2D eigenvalue weighted by atomic mass is 79.9. The second-order valence-corrected chi connectivity index (χ2v) is 9.38. The van der Waals surface area contributed by atoms with Crippen LogP contribution in [0.2, 0.25) is 5.02 Å². The maximum atomic E-state index is 13.5. The molecule has 0 saturated heterocycles. The van der Waals surface area contributed by atoms with Crippen LogP contribution >= 0.6 is 27.5 Å². The van der Waals surface area contributed by atoms with E-state index in [9.17, 15) is 4.79 Å². The number of ether oxygens (including phenoxy) is 1. The van der Waals surface area contributed by atoms with Gasteiger partial charge in [-0.05, 0) is 65.0 Å². The van der Waals surface area contributed by atoms with Crippen LogP contribution in [0.4, 0.5) is 22.0 Å². The van der Waals surface area contributed by atoms with E-state index in [1.54, 1.807) is 0 Å². The van der Waals surface area contributed by atoms with Crippen molar-refractivity contribution in [3.05, 3.63) is 58.0 Å². The highest BCUT2D eigenvalue weighted by Crippen LogP contribution is 2.44. The average Bonchev–Trinajstić information content (AvgIpc) is 2.71. The monoisotopic (exact) mass is 503 g/mol. The Balaban J connectivity index is 2.36. The molecule has 0 aliphatic rings. The minimum absolute atomic E-state index is 0.447. The van der Waals surface area contributed by atoms with E-state index in [1.165, 1.54) is 4.90 Å². The van der Waals surface area contributed by atoms with E-state index in [1.807, 2.05) is 69.3 Å². The number of amides is 1. The van der Waals surface area contributed by atoms with Gasteiger partial charge in [-0.2, -0.15) is 0 Å². The largest absolute Gasteiger partial charge is 0.443 e. The standard InChI is InChI=1S/C24H27BrClN3O2/c1-6-28(7-2)22-21(20(26)18-15-16(25)13-14-19(18)27-22)29(17-11-9-8-10-12-17)23(30)31-24(3,4)5/h8-15H,6-7H2,1-5H3. The van der Waals surface area contributed by atoms with Crippen molar-refractivity contribution in [2.24, 2.45) is 0 Å². The van der Waals surface area contributed by atoms with Gasteiger partial charge in [-0.15, -0.1) is 0 Å². The summed E-state index contributed by atoms with van der Waals surface area (Å²) in [4.78, 5) is 22.0. The molecule has 0 N–H and O–H groups in total. The molecule has 5 nitrogen and oxygen atoms in total. The van der Waals surface area contributed by atoms with Crippen LogP contribution in [-0.2, 0) is 4.74 Å². The third-order valence-electron chi connectivity index (χ3n) is 4.72. The molecular formula is C24H27BrClN3O2. The Kier molecular flexibility index (Phi) is 7.12. The number of aromatic nitrogens is 1. The number of para-hydroxylation sites is 1. The Morgan fingerprint density at radius 1 is 1.10 bits per heavy atom. The van der Waals surface area contributed by atoms with Crippen LogP contribution in [0.1, 0.15) is 34.6 Å². The number of pyridine rings is 1. The van der Waals surface area contributed by atoms with Crippen molar-refractivity contribution >= 4 is 61.7 Å². The number of halogens is 2. The third kappa shape index (κ3) is 5.13. The molecule has 0 atom stereocenters. The minimum Gasteiger partial charge on any atom is -0.443 e. The molecule has 0 unspecified atom stereocenters. The van der Waals surface area contributed by atoms with Gasteiger partial charge in [0.25, 0.3) is 0 Å². The molecule has 0 spiro atoms. The van der Waals surface area contributed by atoms with Crippen LogP contribution in [0.3, 0.4) is 0 Å². The van der Waals surface area contributed by atoms with Crippen molar-refractivity contribution < 1.29 is 9.53 Å². The van der Waals surface area contributed by atoms with Crippen LogP contribution in [0.5, 0.6) is 0 Å². The zero-order valence-corrected chi connectivity index (χ0v) is 20.8. The maximum Gasteiger partial charge on any atom is 0.419 e.